The van der Waals surface area contributed by atoms with Gasteiger partial charge in [-0.2, -0.15) is 5.10 Å². The number of carbonyl (C=O) groups is 1. The van der Waals surface area contributed by atoms with Crippen molar-refractivity contribution in [1.29, 1.82) is 0 Å². The van der Waals surface area contributed by atoms with Crippen molar-refractivity contribution in [2.45, 2.75) is 27.3 Å². The number of halogens is 1. The quantitative estimate of drug-likeness (QED) is 0.800. The number of nitrogens with two attached hydrogens (primary N) is 1. The summed E-state index contributed by atoms with van der Waals surface area (Å²) in [5, 5.41) is 10.1. The summed E-state index contributed by atoms with van der Waals surface area (Å²) < 4.78 is 13.8. The molecule has 2 rings (SSSR count). The van der Waals surface area contributed by atoms with Crippen molar-refractivity contribution < 1.29 is 9.18 Å². The van der Waals surface area contributed by atoms with E-state index in [4.69, 9.17) is 5.73 Å². The molecule has 1 aromatic carbocycles. The fourth-order valence-electron chi connectivity index (χ4n) is 2.02. The number of nitrogens with zero attached hydrogens (tertiary/aromatic N) is 1. The molecule has 0 bridgehead atoms. The second-order valence-corrected chi connectivity index (χ2v) is 4.76. The standard InChI is InChI=1S/C14H17FN4O/c1-7-12(15)4-10(14(16)20)5-13(7)17-6-11-8(2)18-19-9(11)3/h4-5,17H,6H2,1-3H3,(H2,16,20)(H,18,19). The maximum atomic E-state index is 13.8. The molecule has 6 heteroatoms. The van der Waals surface area contributed by atoms with E-state index in [1.165, 1.54) is 0 Å². The van der Waals surface area contributed by atoms with Crippen LogP contribution in [0.1, 0.15) is 32.9 Å². The molecule has 0 saturated heterocycles. The van der Waals surface area contributed by atoms with Crippen molar-refractivity contribution in [2.24, 2.45) is 5.73 Å². The van der Waals surface area contributed by atoms with Gasteiger partial charge in [-0.3, -0.25) is 9.89 Å². The molecule has 0 fully saturated rings. The molecular weight excluding hydrogens is 259 g/mol. The van der Waals surface area contributed by atoms with Crippen LogP contribution in [0.25, 0.3) is 0 Å². The second kappa shape index (κ2) is 5.32. The van der Waals surface area contributed by atoms with Crippen LogP contribution in [0.15, 0.2) is 12.1 Å². The van der Waals surface area contributed by atoms with Gasteiger partial charge in [-0.25, -0.2) is 4.39 Å². The summed E-state index contributed by atoms with van der Waals surface area (Å²) >= 11 is 0. The Hall–Kier alpha value is -2.37. The molecule has 0 aliphatic carbocycles. The predicted molar refractivity (Wildman–Crippen MR) is 75.0 cm³/mol. The van der Waals surface area contributed by atoms with Gasteiger partial charge < -0.3 is 11.1 Å². The maximum Gasteiger partial charge on any atom is 0.248 e. The number of carbonyl (C=O) groups excluding carboxylic acids is 1. The Morgan fingerprint density at radius 1 is 1.40 bits per heavy atom. The number of H-pyrrole nitrogens is 1. The van der Waals surface area contributed by atoms with Crippen LogP contribution in [0.4, 0.5) is 10.1 Å². The SMILES string of the molecule is Cc1n[nH]c(C)c1CNc1cc(C(N)=O)cc(F)c1C. The van der Waals surface area contributed by atoms with Crippen LogP contribution in [0, 0.1) is 26.6 Å². The molecule has 0 saturated carbocycles. The van der Waals surface area contributed by atoms with E-state index >= 15 is 0 Å². The van der Waals surface area contributed by atoms with Gasteiger partial charge in [-0.05, 0) is 32.9 Å². The van der Waals surface area contributed by atoms with E-state index in [0.29, 0.717) is 17.8 Å². The highest BCUT2D eigenvalue weighted by molar-refractivity contribution is 5.94. The van der Waals surface area contributed by atoms with Crippen LogP contribution < -0.4 is 11.1 Å². The van der Waals surface area contributed by atoms with E-state index in [9.17, 15) is 9.18 Å². The first-order valence-electron chi connectivity index (χ1n) is 6.24. The Balaban J connectivity index is 2.27. The van der Waals surface area contributed by atoms with Gasteiger partial charge in [0.1, 0.15) is 5.82 Å². The van der Waals surface area contributed by atoms with Crippen LogP contribution >= 0.6 is 0 Å². The second-order valence-electron chi connectivity index (χ2n) is 4.76. The topological polar surface area (TPSA) is 83.8 Å². The number of aryl methyl sites for hydroxylation is 2. The summed E-state index contributed by atoms with van der Waals surface area (Å²) in [6, 6.07) is 2.71. The highest BCUT2D eigenvalue weighted by atomic mass is 19.1. The lowest BCUT2D eigenvalue weighted by Gasteiger charge is -2.12. The van der Waals surface area contributed by atoms with E-state index in [1.807, 2.05) is 13.8 Å². The van der Waals surface area contributed by atoms with E-state index in [0.717, 1.165) is 23.0 Å². The zero-order valence-corrected chi connectivity index (χ0v) is 11.7. The van der Waals surface area contributed by atoms with Crippen LogP contribution in [0.3, 0.4) is 0 Å². The van der Waals surface area contributed by atoms with Gasteiger partial charge in [-0.1, -0.05) is 0 Å². The van der Waals surface area contributed by atoms with E-state index in [1.54, 1.807) is 13.0 Å². The van der Waals surface area contributed by atoms with Gasteiger partial charge in [-0.15, -0.1) is 0 Å². The highest BCUT2D eigenvalue weighted by Crippen LogP contribution is 2.22. The fraction of sp³-hybridized carbons (Fsp3) is 0.286. The molecule has 20 heavy (non-hydrogen) atoms. The minimum atomic E-state index is -0.650. The van der Waals surface area contributed by atoms with E-state index < -0.39 is 11.7 Å². The van der Waals surface area contributed by atoms with Gasteiger partial charge >= 0.3 is 0 Å². The summed E-state index contributed by atoms with van der Waals surface area (Å²) in [6.45, 7) is 5.96. The summed E-state index contributed by atoms with van der Waals surface area (Å²) in [4.78, 5) is 11.2. The molecule has 1 amide bonds. The van der Waals surface area contributed by atoms with Crippen molar-refractivity contribution in [3.05, 3.63) is 46.0 Å². The van der Waals surface area contributed by atoms with Crippen LogP contribution in [-0.4, -0.2) is 16.1 Å². The van der Waals surface area contributed by atoms with Gasteiger partial charge in [0.05, 0.1) is 5.69 Å². The van der Waals surface area contributed by atoms with Crippen LogP contribution in [0.2, 0.25) is 0 Å². The number of hydrogen-bond acceptors (Lipinski definition) is 3. The van der Waals surface area contributed by atoms with Gasteiger partial charge in [0, 0.05) is 34.6 Å². The molecule has 106 valence electrons. The number of amides is 1. The zero-order valence-electron chi connectivity index (χ0n) is 11.7. The number of nitrogens with one attached hydrogen (secondary N) is 2. The molecule has 1 aromatic heterocycles. The monoisotopic (exact) mass is 276 g/mol. The number of anilines is 1. The summed E-state index contributed by atoms with van der Waals surface area (Å²) in [5.74, 6) is -1.10. The lowest BCUT2D eigenvalue weighted by atomic mass is 10.1. The third kappa shape index (κ3) is 2.64. The summed E-state index contributed by atoms with van der Waals surface area (Å²) in [5.41, 5.74) is 9.22. The molecule has 0 aliphatic rings. The Morgan fingerprint density at radius 3 is 2.65 bits per heavy atom. The molecule has 0 spiro atoms. The first kappa shape index (κ1) is 14.0. The number of primary amides is 1. The van der Waals surface area contributed by atoms with Crippen molar-refractivity contribution in [3.63, 3.8) is 0 Å². The molecule has 1 heterocycles. The molecule has 0 atom stereocenters. The first-order chi connectivity index (χ1) is 9.40. The lowest BCUT2D eigenvalue weighted by molar-refractivity contribution is 0.1000. The first-order valence-corrected chi connectivity index (χ1v) is 6.24. The van der Waals surface area contributed by atoms with Crippen molar-refractivity contribution in [3.8, 4) is 0 Å². The number of aromatic nitrogens is 2. The molecule has 2 aromatic rings. The Morgan fingerprint density at radius 2 is 2.10 bits per heavy atom. The molecular formula is C14H17FN4O. The lowest BCUT2D eigenvalue weighted by Crippen LogP contribution is -2.13. The highest BCUT2D eigenvalue weighted by Gasteiger charge is 2.12. The minimum Gasteiger partial charge on any atom is -0.381 e. The molecule has 4 N–H and O–H groups in total. The predicted octanol–water partition coefficient (Wildman–Crippen LogP) is 2.19. The average molecular weight is 276 g/mol. The fourth-order valence-corrected chi connectivity index (χ4v) is 2.02. The van der Waals surface area contributed by atoms with E-state index in [-0.39, 0.29) is 5.56 Å². The average Bonchev–Trinajstić information content (AvgIpc) is 2.70. The Kier molecular flexibility index (Phi) is 3.74. The van der Waals surface area contributed by atoms with Gasteiger partial charge in [0.15, 0.2) is 0 Å². The van der Waals surface area contributed by atoms with Gasteiger partial charge in [0.25, 0.3) is 0 Å². The van der Waals surface area contributed by atoms with Crippen molar-refractivity contribution in [2.75, 3.05) is 5.32 Å². The minimum absolute atomic E-state index is 0.149. The van der Waals surface area contributed by atoms with E-state index in [2.05, 4.69) is 15.5 Å². The molecule has 0 aliphatic heterocycles. The normalized spacial score (nSPS) is 10.6. The smallest absolute Gasteiger partial charge is 0.248 e. The molecule has 5 nitrogen and oxygen atoms in total. The maximum absolute atomic E-state index is 13.8. The Bertz CT molecular complexity index is 644. The largest absolute Gasteiger partial charge is 0.381 e. The van der Waals surface area contributed by atoms with Crippen LogP contribution in [0.5, 0.6) is 0 Å². The number of aromatic amines is 1. The third-order valence-electron chi connectivity index (χ3n) is 3.37. The Labute approximate surface area is 116 Å². The van der Waals surface area contributed by atoms with Crippen molar-refractivity contribution >= 4 is 11.6 Å². The summed E-state index contributed by atoms with van der Waals surface area (Å²) in [6.07, 6.45) is 0. The third-order valence-corrected chi connectivity index (χ3v) is 3.37. The van der Waals surface area contributed by atoms with Gasteiger partial charge in [0.2, 0.25) is 5.91 Å². The number of hydrogen-bond donors (Lipinski definition) is 3. The zero-order chi connectivity index (χ0) is 14.9. The summed E-state index contributed by atoms with van der Waals surface area (Å²) in [7, 11) is 0. The number of rotatable bonds is 4. The molecule has 0 radical (unpaired) electrons. The number of benzene rings is 1. The van der Waals surface area contributed by atoms with Crippen LogP contribution in [-0.2, 0) is 6.54 Å². The molecule has 0 unspecified atom stereocenters. The van der Waals surface area contributed by atoms with Crippen molar-refractivity contribution in [1.82, 2.24) is 10.2 Å².